The lowest BCUT2D eigenvalue weighted by molar-refractivity contribution is 0.0950. The molecule has 3 aromatic rings. The van der Waals surface area contributed by atoms with Crippen molar-refractivity contribution in [3.05, 3.63) is 88.6 Å². The summed E-state index contributed by atoms with van der Waals surface area (Å²) >= 11 is 5.94. The van der Waals surface area contributed by atoms with E-state index in [9.17, 15) is 13.6 Å². The van der Waals surface area contributed by atoms with Crippen molar-refractivity contribution < 1.29 is 13.6 Å². The third kappa shape index (κ3) is 4.00. The van der Waals surface area contributed by atoms with Gasteiger partial charge in [-0.05, 0) is 54.1 Å². The summed E-state index contributed by atoms with van der Waals surface area (Å²) < 4.78 is 26.4. The second kappa shape index (κ2) is 7.40. The molecule has 2 aromatic carbocycles. The summed E-state index contributed by atoms with van der Waals surface area (Å²) in [4.78, 5) is 16.6. The first-order chi connectivity index (χ1) is 12.0. The third-order valence-corrected chi connectivity index (χ3v) is 3.95. The van der Waals surface area contributed by atoms with Crippen LogP contribution in [0.4, 0.5) is 8.78 Å². The maximum absolute atomic E-state index is 13.3. The lowest BCUT2D eigenvalue weighted by Gasteiger charge is -2.11. The highest BCUT2D eigenvalue weighted by molar-refractivity contribution is 6.33. The third-order valence-electron chi connectivity index (χ3n) is 3.62. The molecule has 1 N–H and O–H groups in total. The Kier molecular flexibility index (Phi) is 5.05. The standard InChI is InChI=1S/C19H13ClF2N2O/c20-17-8-7-15(22)10-16(17)19(25)24-11-13-2-1-9-23-18(13)12-3-5-14(21)6-4-12/h1-10H,11H2,(H,24,25). The molecule has 1 aromatic heterocycles. The van der Waals surface area contributed by atoms with Gasteiger partial charge in [-0.1, -0.05) is 17.7 Å². The SMILES string of the molecule is O=C(NCc1cccnc1-c1ccc(F)cc1)c1cc(F)ccc1Cl. The van der Waals surface area contributed by atoms with Gasteiger partial charge in [-0.2, -0.15) is 0 Å². The summed E-state index contributed by atoms with van der Waals surface area (Å²) in [5, 5.41) is 2.87. The Bertz CT molecular complexity index is 914. The molecule has 1 amide bonds. The van der Waals surface area contributed by atoms with Gasteiger partial charge in [0.2, 0.25) is 0 Å². The Hall–Kier alpha value is -2.79. The van der Waals surface area contributed by atoms with Crippen LogP contribution in [-0.2, 0) is 6.54 Å². The van der Waals surface area contributed by atoms with E-state index in [1.807, 2.05) is 0 Å². The molecule has 0 spiro atoms. The summed E-state index contributed by atoms with van der Waals surface area (Å²) in [5.41, 5.74) is 2.17. The zero-order valence-corrected chi connectivity index (χ0v) is 13.7. The molecule has 6 heteroatoms. The van der Waals surface area contributed by atoms with Gasteiger partial charge >= 0.3 is 0 Å². The summed E-state index contributed by atoms with van der Waals surface area (Å²) in [6.07, 6.45) is 1.62. The molecule has 0 aliphatic carbocycles. The number of carbonyl (C=O) groups excluding carboxylic acids is 1. The van der Waals surface area contributed by atoms with Crippen LogP contribution in [0.15, 0.2) is 60.8 Å². The first-order valence-electron chi connectivity index (χ1n) is 7.47. The summed E-state index contributed by atoms with van der Waals surface area (Å²) in [6.45, 7) is 0.173. The van der Waals surface area contributed by atoms with Crippen molar-refractivity contribution >= 4 is 17.5 Å². The number of benzene rings is 2. The Morgan fingerprint density at radius 2 is 1.76 bits per heavy atom. The van der Waals surface area contributed by atoms with Gasteiger partial charge in [0, 0.05) is 18.3 Å². The number of carbonyl (C=O) groups is 1. The summed E-state index contributed by atoms with van der Waals surface area (Å²) in [6, 6.07) is 13.1. The molecule has 0 unspecified atom stereocenters. The van der Waals surface area contributed by atoms with Crippen LogP contribution in [0.25, 0.3) is 11.3 Å². The molecule has 1 heterocycles. The highest BCUT2D eigenvalue weighted by atomic mass is 35.5. The number of aromatic nitrogens is 1. The molecular formula is C19H13ClF2N2O. The number of hydrogen-bond acceptors (Lipinski definition) is 2. The van der Waals surface area contributed by atoms with E-state index in [0.717, 1.165) is 17.2 Å². The lowest BCUT2D eigenvalue weighted by Crippen LogP contribution is -2.23. The van der Waals surface area contributed by atoms with Crippen LogP contribution in [0.2, 0.25) is 5.02 Å². The largest absolute Gasteiger partial charge is 0.348 e. The predicted molar refractivity (Wildman–Crippen MR) is 92.2 cm³/mol. The first-order valence-corrected chi connectivity index (χ1v) is 7.85. The van der Waals surface area contributed by atoms with Crippen molar-refractivity contribution in [2.75, 3.05) is 0 Å². The molecule has 0 radical (unpaired) electrons. The van der Waals surface area contributed by atoms with E-state index in [4.69, 9.17) is 11.6 Å². The van der Waals surface area contributed by atoms with Crippen LogP contribution in [0.1, 0.15) is 15.9 Å². The van der Waals surface area contributed by atoms with Gasteiger partial charge in [0.25, 0.3) is 5.91 Å². The minimum atomic E-state index is -0.539. The molecule has 0 bridgehead atoms. The van der Waals surface area contributed by atoms with E-state index in [-0.39, 0.29) is 22.9 Å². The molecule has 0 aliphatic rings. The van der Waals surface area contributed by atoms with Crippen molar-refractivity contribution in [1.82, 2.24) is 10.3 Å². The highest BCUT2D eigenvalue weighted by Crippen LogP contribution is 2.22. The molecule has 3 rings (SSSR count). The van der Waals surface area contributed by atoms with Crippen LogP contribution < -0.4 is 5.32 Å². The van der Waals surface area contributed by atoms with E-state index in [2.05, 4.69) is 10.3 Å². The zero-order chi connectivity index (χ0) is 17.8. The van der Waals surface area contributed by atoms with Gasteiger partial charge in [0.1, 0.15) is 11.6 Å². The average Bonchev–Trinajstić information content (AvgIpc) is 2.63. The normalized spacial score (nSPS) is 10.5. The van der Waals surface area contributed by atoms with E-state index in [1.54, 1.807) is 30.5 Å². The van der Waals surface area contributed by atoms with Gasteiger partial charge < -0.3 is 5.32 Å². The molecular weight excluding hydrogens is 346 g/mol. The molecule has 126 valence electrons. The minimum absolute atomic E-state index is 0.0638. The van der Waals surface area contributed by atoms with E-state index in [1.165, 1.54) is 24.3 Å². The number of nitrogens with one attached hydrogen (secondary N) is 1. The Balaban J connectivity index is 1.81. The number of nitrogens with zero attached hydrogens (tertiary/aromatic N) is 1. The predicted octanol–water partition coefficient (Wildman–Crippen LogP) is 4.61. The van der Waals surface area contributed by atoms with Crippen LogP contribution in [0.5, 0.6) is 0 Å². The second-order valence-electron chi connectivity index (χ2n) is 5.32. The van der Waals surface area contributed by atoms with Crippen molar-refractivity contribution in [3.8, 4) is 11.3 Å². The molecule has 25 heavy (non-hydrogen) atoms. The van der Waals surface area contributed by atoms with Gasteiger partial charge in [0.05, 0.1) is 16.3 Å². The van der Waals surface area contributed by atoms with Crippen LogP contribution in [-0.4, -0.2) is 10.9 Å². The van der Waals surface area contributed by atoms with Gasteiger partial charge in [-0.25, -0.2) is 8.78 Å². The van der Waals surface area contributed by atoms with Crippen molar-refractivity contribution in [2.24, 2.45) is 0 Å². The van der Waals surface area contributed by atoms with E-state index >= 15 is 0 Å². The number of amides is 1. The summed E-state index contributed by atoms with van der Waals surface area (Å²) in [5.74, 6) is -1.36. The molecule has 0 saturated heterocycles. The number of hydrogen-bond donors (Lipinski definition) is 1. The zero-order valence-electron chi connectivity index (χ0n) is 13.0. The molecule has 0 aliphatic heterocycles. The maximum Gasteiger partial charge on any atom is 0.253 e. The smallest absolute Gasteiger partial charge is 0.253 e. The number of rotatable bonds is 4. The monoisotopic (exact) mass is 358 g/mol. The fourth-order valence-electron chi connectivity index (χ4n) is 2.39. The van der Waals surface area contributed by atoms with Crippen LogP contribution >= 0.6 is 11.6 Å². The van der Waals surface area contributed by atoms with Crippen molar-refractivity contribution in [1.29, 1.82) is 0 Å². The van der Waals surface area contributed by atoms with Crippen molar-refractivity contribution in [3.63, 3.8) is 0 Å². The Morgan fingerprint density at radius 1 is 1.04 bits per heavy atom. The second-order valence-corrected chi connectivity index (χ2v) is 5.73. The number of halogens is 3. The van der Waals surface area contributed by atoms with E-state index in [0.29, 0.717) is 5.69 Å². The average molecular weight is 359 g/mol. The van der Waals surface area contributed by atoms with Crippen LogP contribution in [0.3, 0.4) is 0 Å². The first kappa shape index (κ1) is 17.0. The fourth-order valence-corrected chi connectivity index (χ4v) is 2.59. The molecule has 3 nitrogen and oxygen atoms in total. The lowest BCUT2D eigenvalue weighted by atomic mass is 10.1. The number of pyridine rings is 1. The van der Waals surface area contributed by atoms with Gasteiger partial charge in [-0.15, -0.1) is 0 Å². The van der Waals surface area contributed by atoms with Crippen molar-refractivity contribution in [2.45, 2.75) is 6.54 Å². The van der Waals surface area contributed by atoms with Gasteiger partial charge in [-0.3, -0.25) is 9.78 Å². The highest BCUT2D eigenvalue weighted by Gasteiger charge is 2.13. The molecule has 0 fully saturated rings. The molecule has 0 atom stereocenters. The minimum Gasteiger partial charge on any atom is -0.348 e. The quantitative estimate of drug-likeness (QED) is 0.740. The Morgan fingerprint density at radius 3 is 2.52 bits per heavy atom. The Labute approximate surface area is 148 Å². The summed E-state index contributed by atoms with van der Waals surface area (Å²) in [7, 11) is 0. The van der Waals surface area contributed by atoms with Crippen LogP contribution in [0, 0.1) is 11.6 Å². The van der Waals surface area contributed by atoms with Gasteiger partial charge in [0.15, 0.2) is 0 Å². The molecule has 0 saturated carbocycles. The van der Waals surface area contributed by atoms with E-state index < -0.39 is 11.7 Å². The maximum atomic E-state index is 13.3. The topological polar surface area (TPSA) is 42.0 Å². The fraction of sp³-hybridized carbons (Fsp3) is 0.0526.